The predicted octanol–water partition coefficient (Wildman–Crippen LogP) is 2.00. The Balaban J connectivity index is 2.14. The number of ether oxygens (including phenoxy) is 1. The Kier molecular flexibility index (Phi) is 5.49. The van der Waals surface area contributed by atoms with E-state index in [1.807, 2.05) is 0 Å². The third-order valence-electron chi connectivity index (χ3n) is 2.32. The summed E-state index contributed by atoms with van der Waals surface area (Å²) in [6.07, 6.45) is 7.02. The highest BCUT2D eigenvalue weighted by molar-refractivity contribution is 5.20. The van der Waals surface area contributed by atoms with Gasteiger partial charge in [0.1, 0.15) is 12.4 Å². The minimum Gasteiger partial charge on any atom is -0.385 e. The van der Waals surface area contributed by atoms with E-state index < -0.39 is 4.92 Å². The highest BCUT2D eigenvalue weighted by Crippen LogP contribution is 2.09. The number of rotatable bonds is 8. The number of aryl methyl sites for hydroxylation is 1. The van der Waals surface area contributed by atoms with Crippen molar-refractivity contribution in [2.75, 3.05) is 13.7 Å². The van der Waals surface area contributed by atoms with Gasteiger partial charge < -0.3 is 4.74 Å². The van der Waals surface area contributed by atoms with E-state index in [0.29, 0.717) is 0 Å². The summed E-state index contributed by atoms with van der Waals surface area (Å²) in [7, 11) is 1.70. The van der Waals surface area contributed by atoms with E-state index in [1.54, 1.807) is 11.8 Å². The van der Waals surface area contributed by atoms with Crippen LogP contribution < -0.4 is 0 Å². The van der Waals surface area contributed by atoms with Crippen molar-refractivity contribution < 1.29 is 9.66 Å². The molecule has 1 aromatic rings. The van der Waals surface area contributed by atoms with Gasteiger partial charge in [0.25, 0.3) is 0 Å². The Morgan fingerprint density at radius 1 is 1.44 bits per heavy atom. The summed E-state index contributed by atoms with van der Waals surface area (Å²) in [6, 6.07) is 0. The molecule has 0 fully saturated rings. The third kappa shape index (κ3) is 4.39. The zero-order valence-corrected chi connectivity index (χ0v) is 9.46. The van der Waals surface area contributed by atoms with E-state index in [9.17, 15) is 10.1 Å². The van der Waals surface area contributed by atoms with Crippen LogP contribution in [0.1, 0.15) is 25.7 Å². The maximum absolute atomic E-state index is 10.4. The first-order chi connectivity index (χ1) is 7.74. The molecule has 0 unspecified atom stereocenters. The normalized spacial score (nSPS) is 10.6. The molecule has 0 aliphatic rings. The smallest absolute Gasteiger partial charge is 0.306 e. The van der Waals surface area contributed by atoms with Crippen molar-refractivity contribution in [1.29, 1.82) is 0 Å². The average Bonchev–Trinajstić information content (AvgIpc) is 2.72. The molecule has 0 N–H and O–H groups in total. The first-order valence-corrected chi connectivity index (χ1v) is 5.40. The second-order valence-electron chi connectivity index (χ2n) is 3.63. The largest absolute Gasteiger partial charge is 0.385 e. The van der Waals surface area contributed by atoms with E-state index in [-0.39, 0.29) is 5.69 Å². The van der Waals surface area contributed by atoms with E-state index in [2.05, 4.69) is 5.10 Å². The van der Waals surface area contributed by atoms with Crippen molar-refractivity contribution in [2.24, 2.45) is 0 Å². The minimum absolute atomic E-state index is 0.0550. The van der Waals surface area contributed by atoms with Gasteiger partial charge in [0.2, 0.25) is 0 Å². The first-order valence-electron chi connectivity index (χ1n) is 5.40. The molecule has 0 aliphatic heterocycles. The molecular weight excluding hydrogens is 210 g/mol. The summed E-state index contributed by atoms with van der Waals surface area (Å²) in [5, 5.41) is 14.3. The monoisotopic (exact) mass is 227 g/mol. The first kappa shape index (κ1) is 12.6. The van der Waals surface area contributed by atoms with Gasteiger partial charge in [-0.25, -0.2) is 0 Å². The Morgan fingerprint density at radius 2 is 2.19 bits per heavy atom. The number of hydrogen-bond acceptors (Lipinski definition) is 4. The maximum Gasteiger partial charge on any atom is 0.306 e. The summed E-state index contributed by atoms with van der Waals surface area (Å²) in [5.74, 6) is 0. The van der Waals surface area contributed by atoms with Crippen LogP contribution in [0.4, 0.5) is 5.69 Å². The van der Waals surface area contributed by atoms with Gasteiger partial charge in [0.15, 0.2) is 0 Å². The topological polar surface area (TPSA) is 70.2 Å². The number of nitrogens with zero attached hydrogens (tertiary/aromatic N) is 3. The molecule has 1 aromatic heterocycles. The standard InChI is InChI=1S/C10H17N3O3/c1-16-7-5-3-2-4-6-12-9-10(8-11-12)13(14)15/h8-9H,2-7H2,1H3. The zero-order chi connectivity index (χ0) is 11.8. The number of methoxy groups -OCH3 is 1. The van der Waals surface area contributed by atoms with Crippen LogP contribution in [0, 0.1) is 10.1 Å². The summed E-state index contributed by atoms with van der Waals surface area (Å²) < 4.78 is 6.56. The lowest BCUT2D eigenvalue weighted by Gasteiger charge is -2.01. The van der Waals surface area contributed by atoms with Crippen molar-refractivity contribution in [3.8, 4) is 0 Å². The van der Waals surface area contributed by atoms with Gasteiger partial charge in [-0.1, -0.05) is 12.8 Å². The van der Waals surface area contributed by atoms with Crippen molar-refractivity contribution in [1.82, 2.24) is 9.78 Å². The number of unbranched alkanes of at least 4 members (excludes halogenated alkanes) is 3. The summed E-state index contributed by atoms with van der Waals surface area (Å²) in [6.45, 7) is 1.54. The fourth-order valence-corrected chi connectivity index (χ4v) is 1.44. The minimum atomic E-state index is -0.428. The highest BCUT2D eigenvalue weighted by Gasteiger charge is 2.07. The van der Waals surface area contributed by atoms with Gasteiger partial charge in [-0.2, -0.15) is 5.10 Å². The Labute approximate surface area is 94.4 Å². The van der Waals surface area contributed by atoms with Gasteiger partial charge >= 0.3 is 5.69 Å². The molecule has 1 heterocycles. The summed E-state index contributed by atoms with van der Waals surface area (Å²) in [5.41, 5.74) is 0.0550. The summed E-state index contributed by atoms with van der Waals surface area (Å²) in [4.78, 5) is 9.97. The highest BCUT2D eigenvalue weighted by atomic mass is 16.6. The van der Waals surface area contributed by atoms with Crippen LogP contribution in [0.25, 0.3) is 0 Å². The lowest BCUT2D eigenvalue weighted by atomic mass is 10.2. The van der Waals surface area contributed by atoms with Gasteiger partial charge in [0.05, 0.1) is 4.92 Å². The Morgan fingerprint density at radius 3 is 2.81 bits per heavy atom. The number of nitro groups is 1. The average molecular weight is 227 g/mol. The molecule has 16 heavy (non-hydrogen) atoms. The van der Waals surface area contributed by atoms with Crippen LogP contribution in [0.2, 0.25) is 0 Å². The van der Waals surface area contributed by atoms with E-state index in [4.69, 9.17) is 4.74 Å². The van der Waals surface area contributed by atoms with Crippen molar-refractivity contribution >= 4 is 5.69 Å². The van der Waals surface area contributed by atoms with Gasteiger partial charge in [-0.05, 0) is 12.8 Å². The van der Waals surface area contributed by atoms with Gasteiger partial charge in [0, 0.05) is 20.3 Å². The van der Waals surface area contributed by atoms with Crippen molar-refractivity contribution in [3.63, 3.8) is 0 Å². The van der Waals surface area contributed by atoms with E-state index in [1.165, 1.54) is 12.4 Å². The lowest BCUT2D eigenvalue weighted by molar-refractivity contribution is -0.385. The molecule has 0 radical (unpaired) electrons. The molecule has 0 aromatic carbocycles. The molecule has 90 valence electrons. The fraction of sp³-hybridized carbons (Fsp3) is 0.700. The lowest BCUT2D eigenvalue weighted by Crippen LogP contribution is -1.98. The van der Waals surface area contributed by atoms with Crippen LogP contribution in [0.3, 0.4) is 0 Å². The predicted molar refractivity (Wildman–Crippen MR) is 59.2 cm³/mol. The van der Waals surface area contributed by atoms with Crippen molar-refractivity contribution in [2.45, 2.75) is 32.2 Å². The SMILES string of the molecule is COCCCCCCn1cc([N+](=O)[O-])cn1. The summed E-state index contributed by atoms with van der Waals surface area (Å²) >= 11 is 0. The molecule has 1 rings (SSSR count). The Bertz CT molecular complexity index is 325. The Hall–Kier alpha value is -1.43. The second-order valence-corrected chi connectivity index (χ2v) is 3.63. The van der Waals surface area contributed by atoms with Crippen LogP contribution in [0.15, 0.2) is 12.4 Å². The molecule has 6 nitrogen and oxygen atoms in total. The number of hydrogen-bond donors (Lipinski definition) is 0. The molecule has 0 spiro atoms. The molecule has 0 aliphatic carbocycles. The molecule has 0 amide bonds. The van der Waals surface area contributed by atoms with Crippen LogP contribution in [-0.4, -0.2) is 28.4 Å². The van der Waals surface area contributed by atoms with E-state index >= 15 is 0 Å². The molecule has 0 saturated heterocycles. The zero-order valence-electron chi connectivity index (χ0n) is 9.46. The van der Waals surface area contributed by atoms with Crippen LogP contribution in [0.5, 0.6) is 0 Å². The molecule has 0 bridgehead atoms. The fourth-order valence-electron chi connectivity index (χ4n) is 1.44. The van der Waals surface area contributed by atoms with Gasteiger partial charge in [-0.3, -0.25) is 14.8 Å². The molecule has 0 saturated carbocycles. The molecule has 0 atom stereocenters. The van der Waals surface area contributed by atoms with Gasteiger partial charge in [-0.15, -0.1) is 0 Å². The quantitative estimate of drug-likeness (QED) is 0.387. The maximum atomic E-state index is 10.4. The van der Waals surface area contributed by atoms with E-state index in [0.717, 1.165) is 38.8 Å². The van der Waals surface area contributed by atoms with Crippen LogP contribution in [-0.2, 0) is 11.3 Å². The number of aromatic nitrogens is 2. The molecule has 6 heteroatoms. The van der Waals surface area contributed by atoms with Crippen LogP contribution >= 0.6 is 0 Å². The second kappa shape index (κ2) is 6.95. The third-order valence-corrected chi connectivity index (χ3v) is 2.32. The molecular formula is C10H17N3O3. The van der Waals surface area contributed by atoms with Crippen molar-refractivity contribution in [3.05, 3.63) is 22.5 Å².